The number of halogens is 3. The number of nitrogens with zero attached hydrogens (tertiary/aromatic N) is 1. The standard InChI is InChI=1S/C17H22F3N3/c18-17(19,20)14-6-4-12(5-7-14)13-8-15(9-13)23-16(21)22-10-11-2-1-3-11/h4-7,11,13,15H,1-3,8-10H2,(H3,21,22,23). The highest BCUT2D eigenvalue weighted by Gasteiger charge is 2.33. The van der Waals surface area contributed by atoms with E-state index >= 15 is 0 Å². The fourth-order valence-electron chi connectivity index (χ4n) is 3.11. The summed E-state index contributed by atoms with van der Waals surface area (Å²) < 4.78 is 37.6. The largest absolute Gasteiger partial charge is 0.416 e. The van der Waals surface area contributed by atoms with Crippen LogP contribution < -0.4 is 11.1 Å². The number of aliphatic imine (C=N–C) groups is 1. The molecule has 0 radical (unpaired) electrons. The first kappa shape index (κ1) is 16.1. The SMILES string of the molecule is NC(=NCC1CCC1)NC1CC(c2ccc(C(F)(F)F)cc2)C1. The summed E-state index contributed by atoms with van der Waals surface area (Å²) >= 11 is 0. The molecule has 0 aliphatic heterocycles. The second-order valence-corrected chi connectivity index (χ2v) is 6.65. The molecular weight excluding hydrogens is 303 g/mol. The van der Waals surface area contributed by atoms with E-state index in [2.05, 4.69) is 10.3 Å². The predicted octanol–water partition coefficient (Wildman–Crippen LogP) is 3.66. The highest BCUT2D eigenvalue weighted by Crippen LogP contribution is 2.38. The van der Waals surface area contributed by atoms with Gasteiger partial charge < -0.3 is 11.1 Å². The third kappa shape index (κ3) is 3.98. The van der Waals surface area contributed by atoms with Crippen molar-refractivity contribution in [2.24, 2.45) is 16.6 Å². The maximum atomic E-state index is 12.5. The number of nitrogens with two attached hydrogens (primary N) is 1. The summed E-state index contributed by atoms with van der Waals surface area (Å²) in [5.74, 6) is 1.48. The first-order valence-electron chi connectivity index (χ1n) is 8.15. The zero-order valence-corrected chi connectivity index (χ0v) is 12.9. The van der Waals surface area contributed by atoms with Gasteiger partial charge in [-0.1, -0.05) is 18.6 Å². The average molecular weight is 325 g/mol. The Hall–Kier alpha value is -1.72. The highest BCUT2D eigenvalue weighted by molar-refractivity contribution is 5.78. The van der Waals surface area contributed by atoms with Gasteiger partial charge >= 0.3 is 6.18 Å². The van der Waals surface area contributed by atoms with Crippen LogP contribution in [0.4, 0.5) is 13.2 Å². The van der Waals surface area contributed by atoms with E-state index in [1.54, 1.807) is 12.1 Å². The van der Waals surface area contributed by atoms with Crippen LogP contribution >= 0.6 is 0 Å². The van der Waals surface area contributed by atoms with E-state index in [0.717, 1.165) is 37.1 Å². The van der Waals surface area contributed by atoms with Gasteiger partial charge in [0, 0.05) is 12.6 Å². The Morgan fingerprint density at radius 2 is 1.83 bits per heavy atom. The predicted molar refractivity (Wildman–Crippen MR) is 84.2 cm³/mol. The Labute approximate surface area is 134 Å². The van der Waals surface area contributed by atoms with E-state index in [1.807, 2.05) is 0 Å². The second-order valence-electron chi connectivity index (χ2n) is 6.65. The minimum atomic E-state index is -4.27. The van der Waals surface area contributed by atoms with Crippen molar-refractivity contribution in [2.75, 3.05) is 6.54 Å². The van der Waals surface area contributed by atoms with Crippen LogP contribution in [-0.2, 0) is 6.18 Å². The van der Waals surface area contributed by atoms with Crippen molar-refractivity contribution in [2.45, 2.75) is 50.2 Å². The van der Waals surface area contributed by atoms with Crippen molar-refractivity contribution in [1.82, 2.24) is 5.32 Å². The van der Waals surface area contributed by atoms with E-state index in [4.69, 9.17) is 5.73 Å². The van der Waals surface area contributed by atoms with Crippen molar-refractivity contribution < 1.29 is 13.2 Å². The first-order valence-corrected chi connectivity index (χ1v) is 8.15. The molecule has 2 saturated carbocycles. The lowest BCUT2D eigenvalue weighted by Gasteiger charge is -2.36. The molecule has 3 N–H and O–H groups in total. The molecule has 0 spiro atoms. The zero-order valence-electron chi connectivity index (χ0n) is 12.9. The van der Waals surface area contributed by atoms with Crippen LogP contribution in [0.1, 0.15) is 49.1 Å². The van der Waals surface area contributed by atoms with Crippen LogP contribution in [0.2, 0.25) is 0 Å². The Bertz CT molecular complexity index is 555. The van der Waals surface area contributed by atoms with E-state index in [0.29, 0.717) is 17.8 Å². The molecule has 2 fully saturated rings. The van der Waals surface area contributed by atoms with Gasteiger partial charge in [-0.3, -0.25) is 4.99 Å². The Kier molecular flexibility index (Phi) is 4.50. The van der Waals surface area contributed by atoms with E-state index in [1.165, 1.54) is 19.3 Å². The topological polar surface area (TPSA) is 50.4 Å². The molecule has 2 aliphatic rings. The van der Waals surface area contributed by atoms with Crippen LogP contribution in [0, 0.1) is 5.92 Å². The molecule has 0 aromatic heterocycles. The maximum absolute atomic E-state index is 12.5. The number of nitrogens with one attached hydrogen (secondary N) is 1. The van der Waals surface area contributed by atoms with Gasteiger partial charge in [0.15, 0.2) is 5.96 Å². The minimum Gasteiger partial charge on any atom is -0.370 e. The van der Waals surface area contributed by atoms with Gasteiger partial charge in [-0.05, 0) is 55.2 Å². The number of rotatable bonds is 4. The molecule has 0 saturated heterocycles. The third-order valence-corrected chi connectivity index (χ3v) is 4.94. The first-order chi connectivity index (χ1) is 10.9. The Morgan fingerprint density at radius 1 is 1.17 bits per heavy atom. The van der Waals surface area contributed by atoms with E-state index in [9.17, 15) is 13.2 Å². The van der Waals surface area contributed by atoms with Gasteiger partial charge in [0.2, 0.25) is 0 Å². The van der Waals surface area contributed by atoms with E-state index in [-0.39, 0.29) is 6.04 Å². The van der Waals surface area contributed by atoms with Gasteiger partial charge in [-0.25, -0.2) is 0 Å². The lowest BCUT2D eigenvalue weighted by Crippen LogP contribution is -2.46. The summed E-state index contributed by atoms with van der Waals surface area (Å²) in [6.45, 7) is 0.799. The summed E-state index contributed by atoms with van der Waals surface area (Å²) in [7, 11) is 0. The van der Waals surface area contributed by atoms with Gasteiger partial charge in [0.05, 0.1) is 5.56 Å². The molecule has 2 aliphatic carbocycles. The summed E-state index contributed by atoms with van der Waals surface area (Å²) in [4.78, 5) is 4.36. The van der Waals surface area contributed by atoms with Crippen molar-refractivity contribution >= 4 is 5.96 Å². The van der Waals surface area contributed by atoms with Gasteiger partial charge in [-0.15, -0.1) is 0 Å². The van der Waals surface area contributed by atoms with Crippen LogP contribution in [0.3, 0.4) is 0 Å². The Morgan fingerprint density at radius 3 is 2.35 bits per heavy atom. The fraction of sp³-hybridized carbons (Fsp3) is 0.588. The van der Waals surface area contributed by atoms with Gasteiger partial charge in [0.25, 0.3) is 0 Å². The van der Waals surface area contributed by atoms with Crippen molar-refractivity contribution in [3.05, 3.63) is 35.4 Å². The number of hydrogen-bond acceptors (Lipinski definition) is 1. The molecule has 1 aromatic rings. The minimum absolute atomic E-state index is 0.271. The number of benzene rings is 1. The molecule has 0 heterocycles. The molecule has 3 nitrogen and oxygen atoms in total. The molecule has 0 unspecified atom stereocenters. The Balaban J connectivity index is 1.45. The molecule has 0 atom stereocenters. The molecule has 0 amide bonds. The summed E-state index contributed by atoms with van der Waals surface area (Å²) in [5, 5.41) is 3.20. The van der Waals surface area contributed by atoms with Crippen LogP contribution in [0.15, 0.2) is 29.3 Å². The van der Waals surface area contributed by atoms with E-state index < -0.39 is 11.7 Å². The number of alkyl halides is 3. The molecule has 23 heavy (non-hydrogen) atoms. The monoisotopic (exact) mass is 325 g/mol. The third-order valence-electron chi connectivity index (χ3n) is 4.94. The van der Waals surface area contributed by atoms with Crippen LogP contribution in [0.5, 0.6) is 0 Å². The highest BCUT2D eigenvalue weighted by atomic mass is 19.4. The summed E-state index contributed by atoms with van der Waals surface area (Å²) in [6.07, 6.45) is 1.28. The van der Waals surface area contributed by atoms with Crippen LogP contribution in [0.25, 0.3) is 0 Å². The molecule has 6 heteroatoms. The maximum Gasteiger partial charge on any atom is 0.416 e. The average Bonchev–Trinajstić information content (AvgIpc) is 2.40. The number of hydrogen-bond donors (Lipinski definition) is 2. The number of guanidine groups is 1. The summed E-state index contributed by atoms with van der Waals surface area (Å²) in [6, 6.07) is 5.75. The zero-order chi connectivity index (χ0) is 16.4. The molecule has 0 bridgehead atoms. The van der Waals surface area contributed by atoms with Gasteiger partial charge in [0.1, 0.15) is 0 Å². The van der Waals surface area contributed by atoms with Crippen molar-refractivity contribution in [1.29, 1.82) is 0 Å². The smallest absolute Gasteiger partial charge is 0.370 e. The van der Waals surface area contributed by atoms with Gasteiger partial charge in [-0.2, -0.15) is 13.2 Å². The van der Waals surface area contributed by atoms with Crippen molar-refractivity contribution in [3.63, 3.8) is 0 Å². The summed E-state index contributed by atoms with van der Waals surface area (Å²) in [5.41, 5.74) is 6.24. The molecule has 126 valence electrons. The molecule has 1 aromatic carbocycles. The molecule has 3 rings (SSSR count). The quantitative estimate of drug-likeness (QED) is 0.656. The normalized spacial score (nSPS) is 25.6. The lowest BCUT2D eigenvalue weighted by atomic mass is 9.76. The van der Waals surface area contributed by atoms with Crippen molar-refractivity contribution in [3.8, 4) is 0 Å². The van der Waals surface area contributed by atoms with Crippen LogP contribution in [-0.4, -0.2) is 18.5 Å². The molecular formula is C17H22F3N3. The fourth-order valence-corrected chi connectivity index (χ4v) is 3.11. The second kappa shape index (κ2) is 6.42. The lowest BCUT2D eigenvalue weighted by molar-refractivity contribution is -0.137.